The van der Waals surface area contributed by atoms with Gasteiger partial charge in [-0.05, 0) is 44.0 Å². The van der Waals surface area contributed by atoms with E-state index in [1.165, 1.54) is 19.2 Å². The normalized spacial score (nSPS) is 11.9. The van der Waals surface area contributed by atoms with Gasteiger partial charge in [0.1, 0.15) is 5.75 Å². The molecule has 90 valence electrons. The van der Waals surface area contributed by atoms with Crippen molar-refractivity contribution in [3.63, 3.8) is 0 Å². The molecule has 0 heterocycles. The summed E-state index contributed by atoms with van der Waals surface area (Å²) in [6.45, 7) is 3.61. The number of nitrogens with two attached hydrogens (primary N) is 1. The van der Waals surface area contributed by atoms with Crippen LogP contribution in [0, 0.1) is 0 Å². The van der Waals surface area contributed by atoms with Crippen LogP contribution < -0.4 is 10.5 Å². The molecule has 0 spiro atoms. The van der Waals surface area contributed by atoms with E-state index in [0.717, 1.165) is 0 Å². The number of rotatable bonds is 4. The first-order chi connectivity index (χ1) is 7.33. The first-order valence-electron chi connectivity index (χ1n) is 5.07. The van der Waals surface area contributed by atoms with Gasteiger partial charge in [0, 0.05) is 11.1 Å². The van der Waals surface area contributed by atoms with Crippen molar-refractivity contribution in [3.05, 3.63) is 29.3 Å². The van der Waals surface area contributed by atoms with Crippen LogP contribution in [-0.2, 0) is 6.42 Å². The number of benzene rings is 1. The van der Waals surface area contributed by atoms with E-state index in [9.17, 15) is 8.78 Å². The van der Waals surface area contributed by atoms with Crippen LogP contribution >= 0.6 is 0 Å². The average molecular weight is 229 g/mol. The summed E-state index contributed by atoms with van der Waals surface area (Å²) in [6, 6.07) is 4.55. The summed E-state index contributed by atoms with van der Waals surface area (Å²) >= 11 is 0. The molecule has 2 N–H and O–H groups in total. The van der Waals surface area contributed by atoms with E-state index in [1.807, 2.05) is 13.8 Å². The molecule has 0 aliphatic carbocycles. The predicted molar refractivity (Wildman–Crippen MR) is 59.9 cm³/mol. The van der Waals surface area contributed by atoms with E-state index in [-0.39, 0.29) is 5.56 Å². The molecule has 0 unspecified atom stereocenters. The number of alkyl halides is 2. The minimum Gasteiger partial charge on any atom is -0.497 e. The molecule has 0 atom stereocenters. The highest BCUT2D eigenvalue weighted by atomic mass is 19.3. The van der Waals surface area contributed by atoms with Crippen molar-refractivity contribution in [3.8, 4) is 5.75 Å². The van der Waals surface area contributed by atoms with Crippen molar-refractivity contribution in [1.82, 2.24) is 0 Å². The van der Waals surface area contributed by atoms with Gasteiger partial charge in [0.05, 0.1) is 7.11 Å². The molecule has 0 bridgehead atoms. The fourth-order valence-electron chi connectivity index (χ4n) is 1.57. The zero-order valence-corrected chi connectivity index (χ0v) is 9.76. The molecule has 0 saturated heterocycles. The average Bonchev–Trinajstić information content (AvgIpc) is 2.14. The van der Waals surface area contributed by atoms with E-state index in [1.54, 1.807) is 6.07 Å². The van der Waals surface area contributed by atoms with E-state index in [0.29, 0.717) is 17.7 Å². The van der Waals surface area contributed by atoms with Gasteiger partial charge < -0.3 is 10.5 Å². The van der Waals surface area contributed by atoms with E-state index in [2.05, 4.69) is 0 Å². The summed E-state index contributed by atoms with van der Waals surface area (Å²) in [5.41, 5.74) is 5.90. The molecule has 1 rings (SSSR count). The maximum absolute atomic E-state index is 12.8. The van der Waals surface area contributed by atoms with Crippen molar-refractivity contribution in [2.45, 2.75) is 32.2 Å². The maximum Gasteiger partial charge on any atom is 0.264 e. The third kappa shape index (κ3) is 3.45. The monoisotopic (exact) mass is 229 g/mol. The highest BCUT2D eigenvalue weighted by molar-refractivity contribution is 5.37. The van der Waals surface area contributed by atoms with Gasteiger partial charge in [0.2, 0.25) is 0 Å². The number of halogens is 2. The second kappa shape index (κ2) is 4.78. The molecule has 0 aliphatic rings. The van der Waals surface area contributed by atoms with E-state index in [4.69, 9.17) is 10.5 Å². The van der Waals surface area contributed by atoms with Crippen LogP contribution in [0.1, 0.15) is 31.4 Å². The van der Waals surface area contributed by atoms with Crippen molar-refractivity contribution in [2.75, 3.05) is 7.11 Å². The Morgan fingerprint density at radius 1 is 1.38 bits per heavy atom. The molecule has 1 aromatic rings. The summed E-state index contributed by atoms with van der Waals surface area (Å²) < 4.78 is 30.5. The zero-order chi connectivity index (χ0) is 12.3. The Kier molecular flexibility index (Phi) is 3.86. The summed E-state index contributed by atoms with van der Waals surface area (Å²) in [7, 11) is 1.51. The predicted octanol–water partition coefficient (Wildman–Crippen LogP) is 2.91. The van der Waals surface area contributed by atoms with Crippen molar-refractivity contribution >= 4 is 0 Å². The van der Waals surface area contributed by atoms with Crippen LogP contribution in [0.2, 0.25) is 0 Å². The molecule has 16 heavy (non-hydrogen) atoms. The molecule has 0 aliphatic heterocycles. The molecule has 0 radical (unpaired) electrons. The van der Waals surface area contributed by atoms with E-state index >= 15 is 0 Å². The summed E-state index contributed by atoms with van der Waals surface area (Å²) in [5, 5.41) is 0. The topological polar surface area (TPSA) is 35.2 Å². The summed E-state index contributed by atoms with van der Waals surface area (Å²) in [4.78, 5) is 0. The quantitative estimate of drug-likeness (QED) is 0.861. The SMILES string of the molecule is COc1ccc(C(F)F)c(CC(C)(C)N)c1. The lowest BCUT2D eigenvalue weighted by Gasteiger charge is -2.21. The third-order valence-corrected chi connectivity index (χ3v) is 2.23. The molecule has 4 heteroatoms. The first-order valence-corrected chi connectivity index (χ1v) is 5.07. The van der Waals surface area contributed by atoms with Gasteiger partial charge in [-0.1, -0.05) is 0 Å². The van der Waals surface area contributed by atoms with Crippen LogP contribution in [0.15, 0.2) is 18.2 Å². The molecule has 2 nitrogen and oxygen atoms in total. The number of ether oxygens (including phenoxy) is 1. The lowest BCUT2D eigenvalue weighted by molar-refractivity contribution is 0.150. The first kappa shape index (κ1) is 12.9. The highest BCUT2D eigenvalue weighted by Crippen LogP contribution is 2.28. The Morgan fingerprint density at radius 2 is 2.00 bits per heavy atom. The smallest absolute Gasteiger partial charge is 0.264 e. The number of methoxy groups -OCH3 is 1. The fourth-order valence-corrected chi connectivity index (χ4v) is 1.57. The van der Waals surface area contributed by atoms with Gasteiger partial charge in [-0.2, -0.15) is 0 Å². The number of hydrogen-bond donors (Lipinski definition) is 1. The molecular weight excluding hydrogens is 212 g/mol. The highest BCUT2D eigenvalue weighted by Gasteiger charge is 2.19. The Balaban J connectivity index is 3.10. The second-order valence-corrected chi connectivity index (χ2v) is 4.53. The Hall–Kier alpha value is -1.16. The van der Waals surface area contributed by atoms with Gasteiger partial charge in [-0.3, -0.25) is 0 Å². The maximum atomic E-state index is 12.8. The van der Waals surface area contributed by atoms with Crippen molar-refractivity contribution in [2.24, 2.45) is 5.73 Å². The molecule has 1 aromatic carbocycles. The van der Waals surface area contributed by atoms with Crippen molar-refractivity contribution in [1.29, 1.82) is 0 Å². The molecule has 0 amide bonds. The van der Waals surface area contributed by atoms with Crippen LogP contribution in [0.3, 0.4) is 0 Å². The minimum atomic E-state index is -2.48. The summed E-state index contributed by atoms with van der Waals surface area (Å²) in [5.74, 6) is 0.573. The van der Waals surface area contributed by atoms with E-state index < -0.39 is 12.0 Å². The van der Waals surface area contributed by atoms with Crippen LogP contribution in [0.5, 0.6) is 5.75 Å². The standard InChI is InChI=1S/C12H17F2NO/c1-12(2,15)7-8-6-9(16-3)4-5-10(8)11(13)14/h4-6,11H,7,15H2,1-3H3. The van der Waals surface area contributed by atoms with Gasteiger partial charge in [0.25, 0.3) is 6.43 Å². The van der Waals surface area contributed by atoms with Crippen LogP contribution in [0.25, 0.3) is 0 Å². The number of hydrogen-bond acceptors (Lipinski definition) is 2. The van der Waals surface area contributed by atoms with Gasteiger partial charge in [0.15, 0.2) is 0 Å². The minimum absolute atomic E-state index is 0.0272. The second-order valence-electron chi connectivity index (χ2n) is 4.53. The van der Waals surface area contributed by atoms with Crippen LogP contribution in [0.4, 0.5) is 8.78 Å². The van der Waals surface area contributed by atoms with Crippen molar-refractivity contribution < 1.29 is 13.5 Å². The summed E-state index contributed by atoms with van der Waals surface area (Å²) in [6.07, 6.45) is -2.09. The molecule has 0 aromatic heterocycles. The Morgan fingerprint density at radius 3 is 2.44 bits per heavy atom. The van der Waals surface area contributed by atoms with Gasteiger partial charge >= 0.3 is 0 Å². The fraction of sp³-hybridized carbons (Fsp3) is 0.500. The lowest BCUT2D eigenvalue weighted by atomic mass is 9.93. The Bertz CT molecular complexity index is 359. The molecule has 0 fully saturated rings. The molecular formula is C12H17F2NO. The largest absolute Gasteiger partial charge is 0.497 e. The van der Waals surface area contributed by atoms with Crippen LogP contribution in [-0.4, -0.2) is 12.6 Å². The zero-order valence-electron chi connectivity index (χ0n) is 9.76. The third-order valence-electron chi connectivity index (χ3n) is 2.23. The van der Waals surface area contributed by atoms with Gasteiger partial charge in [-0.25, -0.2) is 8.78 Å². The Labute approximate surface area is 94.4 Å². The van der Waals surface area contributed by atoms with Gasteiger partial charge in [-0.15, -0.1) is 0 Å². The lowest BCUT2D eigenvalue weighted by Crippen LogP contribution is -2.34. The molecule has 0 saturated carbocycles.